The van der Waals surface area contributed by atoms with Crippen molar-refractivity contribution in [1.29, 1.82) is 0 Å². The number of nitrogens with zero attached hydrogens (tertiary/aromatic N) is 6. The number of aryl methyl sites for hydroxylation is 1. The summed E-state index contributed by atoms with van der Waals surface area (Å²) in [5.41, 5.74) is 8.35. The van der Waals surface area contributed by atoms with Gasteiger partial charge in [0.15, 0.2) is 11.4 Å². The summed E-state index contributed by atoms with van der Waals surface area (Å²) in [4.78, 5) is 30.6. The maximum absolute atomic E-state index is 12.8. The summed E-state index contributed by atoms with van der Waals surface area (Å²) in [5, 5.41) is 0. The molecule has 1 aliphatic heterocycles. The highest BCUT2D eigenvalue weighted by molar-refractivity contribution is 5.86. The molecule has 2 N–H and O–H groups in total. The molecule has 5 rings (SSSR count). The van der Waals surface area contributed by atoms with Crippen molar-refractivity contribution in [3.63, 3.8) is 0 Å². The van der Waals surface area contributed by atoms with Gasteiger partial charge in [0.25, 0.3) is 5.56 Å². The van der Waals surface area contributed by atoms with Crippen LogP contribution in [0.5, 0.6) is 5.75 Å². The van der Waals surface area contributed by atoms with E-state index in [2.05, 4.69) is 43.8 Å². The van der Waals surface area contributed by atoms with Gasteiger partial charge in [-0.1, -0.05) is 0 Å². The molecule has 1 aliphatic rings. The van der Waals surface area contributed by atoms with E-state index in [0.29, 0.717) is 41.7 Å². The molecule has 1 aromatic carbocycles. The van der Waals surface area contributed by atoms with E-state index in [0.717, 1.165) is 31.1 Å². The molecule has 0 radical (unpaired) electrons. The normalized spacial score (nSPS) is 16.7. The number of nitrogens with two attached hydrogens (primary N) is 1. The van der Waals surface area contributed by atoms with Crippen molar-refractivity contribution in [1.82, 2.24) is 24.4 Å². The molecule has 3 aromatic heterocycles. The zero-order valence-electron chi connectivity index (χ0n) is 20.1. The zero-order valence-corrected chi connectivity index (χ0v) is 20.1. The second-order valence-electron chi connectivity index (χ2n) is 8.80. The lowest BCUT2D eigenvalue weighted by atomic mass is 10.1. The van der Waals surface area contributed by atoms with E-state index in [1.54, 1.807) is 11.7 Å². The molecule has 0 amide bonds. The zero-order chi connectivity index (χ0) is 24.5. The van der Waals surface area contributed by atoms with Crippen LogP contribution < -0.4 is 20.9 Å². The van der Waals surface area contributed by atoms with Crippen LogP contribution in [-0.2, 0) is 6.54 Å². The number of aromatic nitrogens is 4. The van der Waals surface area contributed by atoms with Crippen molar-refractivity contribution in [2.75, 3.05) is 43.9 Å². The SMILES string of the molecule is COc1ccc(N2CCN(CCn3c(=O)cnc4c(-c5ccc(C)o5)nc(N)nc43)C[C@H]2C)cc1. The highest BCUT2D eigenvalue weighted by atomic mass is 16.5. The van der Waals surface area contributed by atoms with E-state index >= 15 is 0 Å². The van der Waals surface area contributed by atoms with Gasteiger partial charge in [0.2, 0.25) is 5.95 Å². The van der Waals surface area contributed by atoms with Gasteiger partial charge in [-0.2, -0.15) is 4.98 Å². The lowest BCUT2D eigenvalue weighted by Gasteiger charge is -2.41. The van der Waals surface area contributed by atoms with Crippen molar-refractivity contribution < 1.29 is 9.15 Å². The predicted octanol–water partition coefficient (Wildman–Crippen LogP) is 2.56. The van der Waals surface area contributed by atoms with Gasteiger partial charge in [-0.3, -0.25) is 14.3 Å². The van der Waals surface area contributed by atoms with Gasteiger partial charge in [0.05, 0.1) is 13.3 Å². The predicted molar refractivity (Wildman–Crippen MR) is 135 cm³/mol. The molecule has 1 fully saturated rings. The number of nitrogen functional groups attached to an aromatic ring is 1. The highest BCUT2D eigenvalue weighted by Crippen LogP contribution is 2.27. The topological polar surface area (TPSA) is 116 Å². The molecule has 182 valence electrons. The van der Waals surface area contributed by atoms with Gasteiger partial charge in [0, 0.05) is 44.5 Å². The number of piperazine rings is 1. The minimum absolute atomic E-state index is 0.0735. The molecule has 35 heavy (non-hydrogen) atoms. The van der Waals surface area contributed by atoms with Gasteiger partial charge in [-0.15, -0.1) is 0 Å². The Morgan fingerprint density at radius 2 is 1.91 bits per heavy atom. The maximum Gasteiger partial charge on any atom is 0.270 e. The van der Waals surface area contributed by atoms with Gasteiger partial charge in [-0.05, 0) is 50.2 Å². The third-order valence-electron chi connectivity index (χ3n) is 6.44. The van der Waals surface area contributed by atoms with E-state index in [1.165, 1.54) is 11.9 Å². The fourth-order valence-corrected chi connectivity index (χ4v) is 4.65. The summed E-state index contributed by atoms with van der Waals surface area (Å²) in [5.74, 6) is 2.22. The summed E-state index contributed by atoms with van der Waals surface area (Å²) < 4.78 is 12.6. The summed E-state index contributed by atoms with van der Waals surface area (Å²) >= 11 is 0. The van der Waals surface area contributed by atoms with Crippen LogP contribution in [0.25, 0.3) is 22.6 Å². The minimum atomic E-state index is -0.220. The number of methoxy groups -OCH3 is 1. The van der Waals surface area contributed by atoms with Crippen LogP contribution in [0.3, 0.4) is 0 Å². The molecule has 0 bridgehead atoms. The number of fused-ring (bicyclic) bond motifs is 1. The third kappa shape index (κ3) is 4.57. The Morgan fingerprint density at radius 3 is 2.60 bits per heavy atom. The molecular weight excluding hydrogens is 446 g/mol. The van der Waals surface area contributed by atoms with E-state index < -0.39 is 0 Å². The van der Waals surface area contributed by atoms with Crippen LogP contribution >= 0.6 is 0 Å². The van der Waals surface area contributed by atoms with Crippen LogP contribution in [-0.4, -0.2) is 63.7 Å². The number of anilines is 2. The van der Waals surface area contributed by atoms with Crippen LogP contribution in [0.2, 0.25) is 0 Å². The van der Waals surface area contributed by atoms with Crippen LogP contribution in [0.15, 0.2) is 51.8 Å². The number of hydrogen-bond acceptors (Lipinski definition) is 9. The standard InChI is InChI=1S/C25H29N7O3/c1-16-15-30(10-12-31(16)18-5-7-19(34-3)8-6-18)11-13-32-21(33)14-27-23-22(20-9-4-17(2)35-20)28-25(26)29-24(23)32/h4-9,14,16H,10-13,15H2,1-3H3,(H2,26,28,29)/t16-/m1/s1. The second kappa shape index (κ2) is 9.38. The number of rotatable bonds is 6. The van der Waals surface area contributed by atoms with Gasteiger partial charge in [0.1, 0.15) is 22.7 Å². The van der Waals surface area contributed by atoms with E-state index in [-0.39, 0.29) is 11.5 Å². The Kier molecular flexibility index (Phi) is 6.12. The summed E-state index contributed by atoms with van der Waals surface area (Å²) in [6.45, 7) is 7.93. The van der Waals surface area contributed by atoms with E-state index in [4.69, 9.17) is 14.9 Å². The average molecular weight is 476 g/mol. The first-order valence-electron chi connectivity index (χ1n) is 11.7. The Balaban J connectivity index is 1.34. The van der Waals surface area contributed by atoms with Gasteiger partial charge < -0.3 is 19.8 Å². The number of furan rings is 1. The third-order valence-corrected chi connectivity index (χ3v) is 6.44. The Bertz CT molecular complexity index is 1400. The van der Waals surface area contributed by atoms with Crippen LogP contribution in [0.1, 0.15) is 12.7 Å². The molecular formula is C25H29N7O3. The molecule has 0 spiro atoms. The molecule has 10 heteroatoms. The summed E-state index contributed by atoms with van der Waals surface area (Å²) in [7, 11) is 1.67. The van der Waals surface area contributed by atoms with Crippen LogP contribution in [0.4, 0.5) is 11.6 Å². The molecule has 1 saturated heterocycles. The molecule has 0 unspecified atom stereocenters. The smallest absolute Gasteiger partial charge is 0.270 e. The minimum Gasteiger partial charge on any atom is -0.497 e. The van der Waals surface area contributed by atoms with Crippen molar-refractivity contribution in [2.45, 2.75) is 26.4 Å². The summed E-state index contributed by atoms with van der Waals surface area (Å²) in [6, 6.07) is 12.2. The number of ether oxygens (including phenoxy) is 1. The van der Waals surface area contributed by atoms with Crippen molar-refractivity contribution in [2.24, 2.45) is 0 Å². The molecule has 0 saturated carbocycles. The fourth-order valence-electron chi connectivity index (χ4n) is 4.65. The first kappa shape index (κ1) is 22.9. The Hall–Kier alpha value is -3.92. The number of benzene rings is 1. The van der Waals surface area contributed by atoms with Crippen molar-refractivity contribution in [3.05, 3.63) is 58.7 Å². The average Bonchev–Trinajstić information content (AvgIpc) is 3.29. The first-order valence-corrected chi connectivity index (χ1v) is 11.7. The monoisotopic (exact) mass is 475 g/mol. The molecule has 1 atom stereocenters. The van der Waals surface area contributed by atoms with Gasteiger partial charge >= 0.3 is 0 Å². The largest absolute Gasteiger partial charge is 0.497 e. The molecule has 10 nitrogen and oxygen atoms in total. The Morgan fingerprint density at radius 1 is 1.11 bits per heavy atom. The molecule has 4 aromatic rings. The maximum atomic E-state index is 12.8. The molecule has 0 aliphatic carbocycles. The second-order valence-corrected chi connectivity index (χ2v) is 8.80. The van der Waals surface area contributed by atoms with Crippen molar-refractivity contribution >= 4 is 22.8 Å². The lowest BCUT2D eigenvalue weighted by molar-refractivity contribution is 0.221. The van der Waals surface area contributed by atoms with Gasteiger partial charge in [-0.25, -0.2) is 9.97 Å². The Labute approximate surface area is 203 Å². The summed E-state index contributed by atoms with van der Waals surface area (Å²) in [6.07, 6.45) is 1.31. The van der Waals surface area contributed by atoms with Crippen LogP contribution in [0, 0.1) is 6.92 Å². The number of hydrogen-bond donors (Lipinski definition) is 1. The molecule has 4 heterocycles. The lowest BCUT2D eigenvalue weighted by Crippen LogP contribution is -2.52. The van der Waals surface area contributed by atoms with Crippen molar-refractivity contribution in [3.8, 4) is 17.2 Å². The first-order chi connectivity index (χ1) is 16.9. The van der Waals surface area contributed by atoms with E-state index in [1.807, 2.05) is 31.2 Å². The fraction of sp³-hybridized carbons (Fsp3) is 0.360. The highest BCUT2D eigenvalue weighted by Gasteiger charge is 2.24. The quantitative estimate of drug-likeness (QED) is 0.449. The van der Waals surface area contributed by atoms with E-state index in [9.17, 15) is 4.79 Å².